The van der Waals surface area contributed by atoms with E-state index >= 15 is 0 Å². The number of esters is 1. The van der Waals surface area contributed by atoms with Crippen LogP contribution in [0.5, 0.6) is 5.75 Å². The molecule has 0 aromatic heterocycles. The number of hydrogen-bond acceptors (Lipinski definition) is 5. The molecular formula is C21H21NO5. The standard InChI is InChI=1S/C21H21NO5/c1-2-5-15-8-10-16(11-9-15)27-14-19(23)26-13-12-22-20(24)17-6-3-4-7-18(17)21(22)25/h3-4,6-11H,2,5,12-14H2,1H3. The van der Waals surface area contributed by atoms with Gasteiger partial charge in [0.2, 0.25) is 0 Å². The van der Waals surface area contributed by atoms with E-state index in [0.717, 1.165) is 17.7 Å². The first-order valence-corrected chi connectivity index (χ1v) is 8.92. The van der Waals surface area contributed by atoms with Gasteiger partial charge in [-0.3, -0.25) is 14.5 Å². The summed E-state index contributed by atoms with van der Waals surface area (Å²) < 4.78 is 10.5. The summed E-state index contributed by atoms with van der Waals surface area (Å²) in [4.78, 5) is 37.3. The number of hydrogen-bond donors (Lipinski definition) is 0. The Hall–Kier alpha value is -3.15. The molecular weight excluding hydrogens is 346 g/mol. The highest BCUT2D eigenvalue weighted by molar-refractivity contribution is 6.21. The van der Waals surface area contributed by atoms with Gasteiger partial charge in [-0.25, -0.2) is 4.79 Å². The highest BCUT2D eigenvalue weighted by Crippen LogP contribution is 2.21. The number of imide groups is 1. The molecule has 0 saturated heterocycles. The number of ether oxygens (including phenoxy) is 2. The van der Waals surface area contributed by atoms with E-state index in [2.05, 4.69) is 6.92 Å². The maximum atomic E-state index is 12.2. The Morgan fingerprint density at radius 3 is 2.19 bits per heavy atom. The van der Waals surface area contributed by atoms with Crippen LogP contribution in [0.15, 0.2) is 48.5 Å². The molecule has 3 rings (SSSR count). The lowest BCUT2D eigenvalue weighted by atomic mass is 10.1. The van der Waals surface area contributed by atoms with Gasteiger partial charge >= 0.3 is 5.97 Å². The molecule has 0 spiro atoms. The third-order valence-electron chi connectivity index (χ3n) is 4.27. The van der Waals surface area contributed by atoms with E-state index in [9.17, 15) is 14.4 Å². The summed E-state index contributed by atoms with van der Waals surface area (Å²) in [6.07, 6.45) is 2.07. The molecule has 27 heavy (non-hydrogen) atoms. The minimum atomic E-state index is -0.552. The van der Waals surface area contributed by atoms with Gasteiger partial charge in [0, 0.05) is 0 Å². The van der Waals surface area contributed by atoms with Gasteiger partial charge in [0.25, 0.3) is 11.8 Å². The second-order valence-electron chi connectivity index (χ2n) is 6.21. The van der Waals surface area contributed by atoms with Crippen molar-refractivity contribution in [2.75, 3.05) is 19.8 Å². The van der Waals surface area contributed by atoms with Crippen LogP contribution in [-0.4, -0.2) is 42.4 Å². The predicted molar refractivity (Wildman–Crippen MR) is 98.7 cm³/mol. The molecule has 0 bridgehead atoms. The molecule has 0 fully saturated rings. The Kier molecular flexibility index (Phi) is 5.86. The Balaban J connectivity index is 1.42. The van der Waals surface area contributed by atoms with E-state index in [1.165, 1.54) is 5.56 Å². The molecule has 2 amide bonds. The molecule has 2 aromatic carbocycles. The maximum Gasteiger partial charge on any atom is 0.344 e. The van der Waals surface area contributed by atoms with Gasteiger partial charge in [0.15, 0.2) is 6.61 Å². The molecule has 0 unspecified atom stereocenters. The first-order valence-electron chi connectivity index (χ1n) is 8.92. The Labute approximate surface area is 157 Å². The first kappa shape index (κ1) is 18.6. The molecule has 6 heteroatoms. The molecule has 140 valence electrons. The van der Waals surface area contributed by atoms with Crippen molar-refractivity contribution < 1.29 is 23.9 Å². The second-order valence-corrected chi connectivity index (χ2v) is 6.21. The van der Waals surface area contributed by atoms with Crippen molar-refractivity contribution in [1.29, 1.82) is 0 Å². The molecule has 1 aliphatic heterocycles. The molecule has 0 saturated carbocycles. The zero-order valence-electron chi connectivity index (χ0n) is 15.1. The van der Waals surface area contributed by atoms with Crippen LogP contribution in [0.1, 0.15) is 39.6 Å². The Morgan fingerprint density at radius 2 is 1.59 bits per heavy atom. The number of amides is 2. The van der Waals surface area contributed by atoms with Crippen LogP contribution in [0.3, 0.4) is 0 Å². The summed E-state index contributed by atoms with van der Waals surface area (Å²) in [6.45, 7) is 1.84. The van der Waals surface area contributed by atoms with Crippen LogP contribution in [-0.2, 0) is 16.0 Å². The van der Waals surface area contributed by atoms with Crippen molar-refractivity contribution >= 4 is 17.8 Å². The molecule has 0 N–H and O–H groups in total. The van der Waals surface area contributed by atoms with Crippen LogP contribution in [0.2, 0.25) is 0 Å². The topological polar surface area (TPSA) is 72.9 Å². The predicted octanol–water partition coefficient (Wildman–Crippen LogP) is 2.86. The van der Waals surface area contributed by atoms with Crippen molar-refractivity contribution in [3.63, 3.8) is 0 Å². The number of fused-ring (bicyclic) bond motifs is 1. The van der Waals surface area contributed by atoms with Crippen LogP contribution < -0.4 is 4.74 Å². The lowest BCUT2D eigenvalue weighted by Gasteiger charge is -2.14. The quantitative estimate of drug-likeness (QED) is 0.530. The second kappa shape index (κ2) is 8.49. The maximum absolute atomic E-state index is 12.2. The number of aryl methyl sites for hydroxylation is 1. The fourth-order valence-electron chi connectivity index (χ4n) is 2.92. The van der Waals surface area contributed by atoms with Gasteiger partial charge < -0.3 is 9.47 Å². The molecule has 2 aromatic rings. The SMILES string of the molecule is CCCc1ccc(OCC(=O)OCCN2C(=O)c3ccccc3C2=O)cc1. The zero-order valence-corrected chi connectivity index (χ0v) is 15.1. The minimum Gasteiger partial charge on any atom is -0.482 e. The van der Waals surface area contributed by atoms with Gasteiger partial charge in [0.05, 0.1) is 17.7 Å². The summed E-state index contributed by atoms with van der Waals surface area (Å²) in [5, 5.41) is 0. The van der Waals surface area contributed by atoms with Gasteiger partial charge in [-0.15, -0.1) is 0 Å². The number of nitrogens with zero attached hydrogens (tertiary/aromatic N) is 1. The van der Waals surface area contributed by atoms with Gasteiger partial charge in [-0.2, -0.15) is 0 Å². The summed E-state index contributed by atoms with van der Waals surface area (Å²) in [5.41, 5.74) is 1.97. The van der Waals surface area contributed by atoms with E-state index in [1.54, 1.807) is 24.3 Å². The number of benzene rings is 2. The number of carbonyl (C=O) groups is 3. The average molecular weight is 367 g/mol. The fourth-order valence-corrected chi connectivity index (χ4v) is 2.92. The van der Waals surface area contributed by atoms with Crippen LogP contribution in [0.4, 0.5) is 0 Å². The monoisotopic (exact) mass is 367 g/mol. The highest BCUT2D eigenvalue weighted by Gasteiger charge is 2.34. The number of rotatable bonds is 8. The van der Waals surface area contributed by atoms with Crippen molar-refractivity contribution in [1.82, 2.24) is 4.90 Å². The van der Waals surface area contributed by atoms with Crippen LogP contribution >= 0.6 is 0 Å². The fraction of sp³-hybridized carbons (Fsp3) is 0.286. The third kappa shape index (κ3) is 4.34. The van der Waals surface area contributed by atoms with E-state index in [4.69, 9.17) is 9.47 Å². The highest BCUT2D eigenvalue weighted by atomic mass is 16.6. The summed E-state index contributed by atoms with van der Waals surface area (Å²) in [5.74, 6) is -0.693. The molecule has 0 atom stereocenters. The number of carbonyl (C=O) groups excluding carboxylic acids is 3. The summed E-state index contributed by atoms with van der Waals surface area (Å²) in [7, 11) is 0. The lowest BCUT2D eigenvalue weighted by molar-refractivity contribution is -0.146. The zero-order chi connectivity index (χ0) is 19.2. The summed E-state index contributed by atoms with van der Waals surface area (Å²) in [6, 6.07) is 14.2. The van der Waals surface area contributed by atoms with Gasteiger partial charge in [0.1, 0.15) is 12.4 Å². The Bertz CT molecular complexity index is 809. The molecule has 0 radical (unpaired) electrons. The van der Waals surface area contributed by atoms with Crippen LogP contribution in [0, 0.1) is 0 Å². The third-order valence-corrected chi connectivity index (χ3v) is 4.27. The molecule has 1 aliphatic rings. The van der Waals surface area contributed by atoms with E-state index in [0.29, 0.717) is 16.9 Å². The van der Waals surface area contributed by atoms with Crippen LogP contribution in [0.25, 0.3) is 0 Å². The average Bonchev–Trinajstić information content (AvgIpc) is 2.93. The summed E-state index contributed by atoms with van der Waals surface area (Å²) >= 11 is 0. The van der Waals surface area contributed by atoms with Gasteiger partial charge in [-0.1, -0.05) is 37.6 Å². The Morgan fingerprint density at radius 1 is 0.963 bits per heavy atom. The first-order chi connectivity index (χ1) is 13.1. The largest absolute Gasteiger partial charge is 0.482 e. The van der Waals surface area contributed by atoms with E-state index < -0.39 is 5.97 Å². The van der Waals surface area contributed by atoms with E-state index in [1.807, 2.05) is 24.3 Å². The molecule has 0 aliphatic carbocycles. The van der Waals surface area contributed by atoms with Gasteiger partial charge in [-0.05, 0) is 36.2 Å². The lowest BCUT2D eigenvalue weighted by Crippen LogP contribution is -2.33. The van der Waals surface area contributed by atoms with Crippen molar-refractivity contribution in [2.45, 2.75) is 19.8 Å². The normalized spacial score (nSPS) is 12.9. The molecule has 1 heterocycles. The van der Waals surface area contributed by atoms with Crippen molar-refractivity contribution in [3.8, 4) is 5.75 Å². The smallest absolute Gasteiger partial charge is 0.344 e. The minimum absolute atomic E-state index is 0.0177. The molecule has 6 nitrogen and oxygen atoms in total. The van der Waals surface area contributed by atoms with E-state index in [-0.39, 0.29) is 31.6 Å². The van der Waals surface area contributed by atoms with Crippen molar-refractivity contribution in [3.05, 3.63) is 65.2 Å². The van der Waals surface area contributed by atoms with Crippen molar-refractivity contribution in [2.24, 2.45) is 0 Å².